The molecule has 6 nitrogen and oxygen atoms in total. The van der Waals surface area contributed by atoms with Crippen LogP contribution in [0.2, 0.25) is 0 Å². The molecule has 3 heterocycles. The van der Waals surface area contributed by atoms with Gasteiger partial charge in [0.2, 0.25) is 0 Å². The van der Waals surface area contributed by atoms with Crippen molar-refractivity contribution in [3.8, 4) is 34.2 Å². The van der Waals surface area contributed by atoms with Gasteiger partial charge in [-0.05, 0) is 51.4 Å². The van der Waals surface area contributed by atoms with Gasteiger partial charge in [0.05, 0.1) is 11.2 Å². The van der Waals surface area contributed by atoms with Gasteiger partial charge in [-0.15, -0.1) is 0 Å². The highest BCUT2D eigenvalue weighted by Crippen LogP contribution is 2.39. The molecule has 6 aromatic rings. The third-order valence-corrected chi connectivity index (χ3v) is 8.00. The normalized spacial score (nSPS) is 16.1. The molecule has 7 heteroatoms. The average molecular weight is 525 g/mol. The number of furan rings is 1. The van der Waals surface area contributed by atoms with Gasteiger partial charge in [-0.2, -0.15) is 0 Å². The molecule has 0 saturated carbocycles. The first kappa shape index (κ1) is 24.7. The lowest BCUT2D eigenvalue weighted by molar-refractivity contribution is 0.00578. The van der Waals surface area contributed by atoms with Gasteiger partial charge >= 0.3 is 7.12 Å². The highest BCUT2D eigenvalue weighted by atomic mass is 16.7. The van der Waals surface area contributed by atoms with E-state index in [1.807, 2.05) is 84.9 Å². The number of rotatable bonds is 4. The first-order valence-electron chi connectivity index (χ1n) is 13.5. The summed E-state index contributed by atoms with van der Waals surface area (Å²) in [6.07, 6.45) is 0. The second-order valence-corrected chi connectivity index (χ2v) is 11.2. The number of para-hydroxylation sites is 1. The molecule has 0 bridgehead atoms. The van der Waals surface area contributed by atoms with Crippen LogP contribution in [0.1, 0.15) is 27.7 Å². The second kappa shape index (κ2) is 9.12. The van der Waals surface area contributed by atoms with Crippen LogP contribution in [0.4, 0.5) is 0 Å². The molecule has 4 aromatic carbocycles. The van der Waals surface area contributed by atoms with Crippen molar-refractivity contribution in [3.63, 3.8) is 0 Å². The zero-order chi connectivity index (χ0) is 27.5. The first-order valence-corrected chi connectivity index (χ1v) is 13.5. The minimum atomic E-state index is -0.630. The molecular weight excluding hydrogens is 497 g/mol. The van der Waals surface area contributed by atoms with Crippen LogP contribution < -0.4 is 5.46 Å². The average Bonchev–Trinajstić information content (AvgIpc) is 3.44. The molecule has 0 spiro atoms. The summed E-state index contributed by atoms with van der Waals surface area (Å²) < 4.78 is 19.3. The number of hydrogen-bond donors (Lipinski definition) is 0. The summed E-state index contributed by atoms with van der Waals surface area (Å²) in [4.78, 5) is 14.9. The zero-order valence-electron chi connectivity index (χ0n) is 22.9. The molecule has 1 aliphatic rings. The van der Waals surface area contributed by atoms with Crippen molar-refractivity contribution >= 4 is 34.5 Å². The van der Waals surface area contributed by atoms with Crippen LogP contribution in [0.3, 0.4) is 0 Å². The molecule has 0 atom stereocenters. The molecule has 196 valence electrons. The van der Waals surface area contributed by atoms with Crippen LogP contribution in [0, 0.1) is 0 Å². The van der Waals surface area contributed by atoms with Crippen molar-refractivity contribution in [2.45, 2.75) is 38.9 Å². The Balaban J connectivity index is 1.51. The Morgan fingerprint density at radius 1 is 0.550 bits per heavy atom. The van der Waals surface area contributed by atoms with Gasteiger partial charge < -0.3 is 13.7 Å². The van der Waals surface area contributed by atoms with Gasteiger partial charge in [-0.25, -0.2) is 15.0 Å². The fourth-order valence-electron chi connectivity index (χ4n) is 5.07. The van der Waals surface area contributed by atoms with Crippen molar-refractivity contribution in [1.82, 2.24) is 15.0 Å². The van der Waals surface area contributed by atoms with E-state index in [9.17, 15) is 0 Å². The quantitative estimate of drug-likeness (QED) is 0.229. The highest BCUT2D eigenvalue weighted by molar-refractivity contribution is 6.64. The van der Waals surface area contributed by atoms with E-state index in [-0.39, 0.29) is 0 Å². The SMILES string of the molecule is CC1(C)OB(c2cc3oc4ccccc4c3cc2-c2nc(-c3ccccc3)nc(-c3ccccc3)n2)OC1(C)C. The van der Waals surface area contributed by atoms with E-state index in [1.165, 1.54) is 0 Å². The minimum absolute atomic E-state index is 0.513. The third kappa shape index (κ3) is 4.10. The largest absolute Gasteiger partial charge is 0.495 e. The van der Waals surface area contributed by atoms with Crippen molar-refractivity contribution in [1.29, 1.82) is 0 Å². The molecule has 0 amide bonds. The van der Waals surface area contributed by atoms with Crippen molar-refractivity contribution in [2.75, 3.05) is 0 Å². The van der Waals surface area contributed by atoms with E-state index in [2.05, 4.69) is 39.8 Å². The molecule has 0 aliphatic carbocycles. The molecule has 40 heavy (non-hydrogen) atoms. The lowest BCUT2D eigenvalue weighted by atomic mass is 9.75. The Hall–Kier alpha value is -4.33. The van der Waals surface area contributed by atoms with Crippen LogP contribution in [-0.2, 0) is 9.31 Å². The lowest BCUT2D eigenvalue weighted by Crippen LogP contribution is -2.41. The van der Waals surface area contributed by atoms with Crippen molar-refractivity contribution in [3.05, 3.63) is 97.1 Å². The van der Waals surface area contributed by atoms with Crippen LogP contribution in [-0.4, -0.2) is 33.3 Å². The van der Waals surface area contributed by atoms with Crippen LogP contribution in [0.5, 0.6) is 0 Å². The lowest BCUT2D eigenvalue weighted by Gasteiger charge is -2.32. The molecule has 0 radical (unpaired) electrons. The fraction of sp³-hybridized carbons (Fsp3) is 0.182. The van der Waals surface area contributed by atoms with Crippen LogP contribution in [0.15, 0.2) is 101 Å². The molecule has 7 rings (SSSR count). The standard InChI is InChI=1S/C33H28BN3O3/c1-32(2)33(3,4)40-34(39-32)26-20-28-24(23-17-11-12-18-27(23)38-28)19-25(26)31-36-29(21-13-7-5-8-14-21)35-30(37-31)22-15-9-6-10-16-22/h5-20H,1-4H3. The van der Waals surface area contributed by atoms with E-state index in [4.69, 9.17) is 28.7 Å². The Morgan fingerprint density at radius 3 is 1.68 bits per heavy atom. The fourth-order valence-corrected chi connectivity index (χ4v) is 5.07. The van der Waals surface area contributed by atoms with Crippen LogP contribution >= 0.6 is 0 Å². The zero-order valence-corrected chi connectivity index (χ0v) is 22.9. The van der Waals surface area contributed by atoms with Gasteiger partial charge in [0.15, 0.2) is 17.5 Å². The minimum Gasteiger partial charge on any atom is -0.456 e. The molecule has 1 aliphatic heterocycles. The second-order valence-electron chi connectivity index (χ2n) is 11.2. The monoisotopic (exact) mass is 525 g/mol. The van der Waals surface area contributed by atoms with E-state index >= 15 is 0 Å². The number of fused-ring (bicyclic) bond motifs is 3. The summed E-state index contributed by atoms with van der Waals surface area (Å²) in [6.45, 7) is 8.21. The molecular formula is C33H28BN3O3. The summed E-state index contributed by atoms with van der Waals surface area (Å²) in [7, 11) is -0.630. The summed E-state index contributed by atoms with van der Waals surface area (Å²) in [5.74, 6) is 1.74. The molecule has 0 N–H and O–H groups in total. The van der Waals surface area contributed by atoms with E-state index < -0.39 is 18.3 Å². The number of benzene rings is 4. The maximum Gasteiger partial charge on any atom is 0.495 e. The maximum atomic E-state index is 6.53. The Bertz CT molecular complexity index is 1790. The number of aromatic nitrogens is 3. The van der Waals surface area contributed by atoms with E-state index in [0.29, 0.717) is 17.5 Å². The van der Waals surface area contributed by atoms with Crippen LogP contribution in [0.25, 0.3) is 56.1 Å². The maximum absolute atomic E-state index is 6.53. The number of nitrogens with zero attached hydrogens (tertiary/aromatic N) is 3. The summed E-state index contributed by atoms with van der Waals surface area (Å²) >= 11 is 0. The topological polar surface area (TPSA) is 70.3 Å². The van der Waals surface area contributed by atoms with E-state index in [0.717, 1.165) is 44.1 Å². The van der Waals surface area contributed by atoms with Gasteiger partial charge in [0.1, 0.15) is 11.2 Å². The highest BCUT2D eigenvalue weighted by Gasteiger charge is 2.52. The Morgan fingerprint density at radius 2 is 1.07 bits per heavy atom. The van der Waals surface area contributed by atoms with Gasteiger partial charge in [0.25, 0.3) is 0 Å². The molecule has 1 saturated heterocycles. The Kier molecular flexibility index (Phi) is 5.63. The van der Waals surface area contributed by atoms with Gasteiger partial charge in [0, 0.05) is 27.5 Å². The van der Waals surface area contributed by atoms with E-state index in [1.54, 1.807) is 0 Å². The predicted molar refractivity (Wildman–Crippen MR) is 159 cm³/mol. The first-order chi connectivity index (χ1) is 19.3. The molecule has 2 aromatic heterocycles. The van der Waals surface area contributed by atoms with Crippen molar-refractivity contribution in [2.24, 2.45) is 0 Å². The smallest absolute Gasteiger partial charge is 0.456 e. The van der Waals surface area contributed by atoms with Gasteiger partial charge in [-0.1, -0.05) is 78.9 Å². The van der Waals surface area contributed by atoms with Crippen molar-refractivity contribution < 1.29 is 13.7 Å². The summed E-state index contributed by atoms with van der Waals surface area (Å²) in [6, 6.07) is 32.1. The summed E-state index contributed by atoms with van der Waals surface area (Å²) in [5, 5.41) is 2.01. The molecule has 1 fully saturated rings. The molecule has 0 unspecified atom stereocenters. The van der Waals surface area contributed by atoms with Gasteiger partial charge in [-0.3, -0.25) is 0 Å². The third-order valence-electron chi connectivity index (χ3n) is 8.00. The Labute approximate surface area is 233 Å². The number of hydrogen-bond acceptors (Lipinski definition) is 6. The summed E-state index contributed by atoms with van der Waals surface area (Å²) in [5.41, 5.74) is 4.01. The predicted octanol–water partition coefficient (Wildman–Crippen LogP) is 7.07.